The predicted molar refractivity (Wildman–Crippen MR) is 84.2 cm³/mol. The van der Waals surface area contributed by atoms with E-state index in [4.69, 9.17) is 9.47 Å². The summed E-state index contributed by atoms with van der Waals surface area (Å²) in [7, 11) is 1.34. The number of carbonyl (C=O) groups excluding carboxylic acids is 2. The molecular weight excluding hydrogens is 298 g/mol. The number of aromatic hydroxyl groups is 1. The molecule has 2 atom stereocenters. The molecule has 1 amide bonds. The Morgan fingerprint density at radius 2 is 1.78 bits per heavy atom. The van der Waals surface area contributed by atoms with Crippen LogP contribution in [-0.2, 0) is 14.3 Å². The van der Waals surface area contributed by atoms with E-state index in [9.17, 15) is 14.7 Å². The van der Waals surface area contributed by atoms with Crippen LogP contribution in [0.15, 0.2) is 24.3 Å². The number of phenols is 1. The van der Waals surface area contributed by atoms with Crippen molar-refractivity contribution in [3.63, 3.8) is 0 Å². The van der Waals surface area contributed by atoms with Gasteiger partial charge in [0.1, 0.15) is 11.4 Å². The van der Waals surface area contributed by atoms with Gasteiger partial charge in [0, 0.05) is 19.0 Å². The van der Waals surface area contributed by atoms with Gasteiger partial charge in [-0.3, -0.25) is 4.79 Å². The lowest BCUT2D eigenvalue weighted by atomic mass is 9.89. The van der Waals surface area contributed by atoms with Crippen molar-refractivity contribution < 1.29 is 24.2 Å². The first-order valence-electron chi connectivity index (χ1n) is 7.56. The highest BCUT2D eigenvalue weighted by molar-refractivity contribution is 5.77. The van der Waals surface area contributed by atoms with Crippen LogP contribution in [0.5, 0.6) is 5.75 Å². The molecule has 126 valence electrons. The summed E-state index contributed by atoms with van der Waals surface area (Å²) in [4.78, 5) is 25.9. The highest BCUT2D eigenvalue weighted by Crippen LogP contribution is 2.34. The molecule has 6 heteroatoms. The molecule has 2 rings (SSSR count). The van der Waals surface area contributed by atoms with Gasteiger partial charge < -0.3 is 19.5 Å². The number of amides is 1. The van der Waals surface area contributed by atoms with E-state index >= 15 is 0 Å². The van der Waals surface area contributed by atoms with Crippen LogP contribution >= 0.6 is 0 Å². The number of hydrogen-bond acceptors (Lipinski definition) is 5. The van der Waals surface area contributed by atoms with Gasteiger partial charge in [-0.25, -0.2) is 4.79 Å². The topological polar surface area (TPSA) is 76.1 Å². The van der Waals surface area contributed by atoms with Gasteiger partial charge in [0.25, 0.3) is 0 Å². The molecule has 1 N–H and O–H groups in total. The number of nitrogens with zero attached hydrogens (tertiary/aromatic N) is 1. The Morgan fingerprint density at radius 3 is 2.30 bits per heavy atom. The number of ether oxygens (including phenoxy) is 2. The van der Waals surface area contributed by atoms with Crippen LogP contribution in [0.3, 0.4) is 0 Å². The Morgan fingerprint density at radius 1 is 1.17 bits per heavy atom. The van der Waals surface area contributed by atoms with E-state index < -0.39 is 17.6 Å². The molecule has 1 saturated heterocycles. The molecule has 23 heavy (non-hydrogen) atoms. The van der Waals surface area contributed by atoms with Crippen molar-refractivity contribution in [3.05, 3.63) is 29.8 Å². The maximum Gasteiger partial charge on any atom is 0.410 e. The third-order valence-electron chi connectivity index (χ3n) is 3.80. The van der Waals surface area contributed by atoms with E-state index in [1.807, 2.05) is 0 Å². The molecule has 0 aromatic heterocycles. The first-order valence-corrected chi connectivity index (χ1v) is 7.56. The first kappa shape index (κ1) is 17.1. The van der Waals surface area contributed by atoms with Crippen LogP contribution in [0.2, 0.25) is 0 Å². The lowest BCUT2D eigenvalue weighted by molar-refractivity contribution is -0.145. The number of likely N-dealkylation sites (tertiary alicyclic amines) is 1. The summed E-state index contributed by atoms with van der Waals surface area (Å²) >= 11 is 0. The van der Waals surface area contributed by atoms with E-state index in [1.165, 1.54) is 12.0 Å². The SMILES string of the molecule is COC(=O)C1CN(C(=O)OC(C)(C)C)CC1c1ccc(O)cc1. The summed E-state index contributed by atoms with van der Waals surface area (Å²) in [6, 6.07) is 6.66. The zero-order valence-electron chi connectivity index (χ0n) is 13.9. The molecular formula is C17H23NO5. The third-order valence-corrected chi connectivity index (χ3v) is 3.80. The summed E-state index contributed by atoms with van der Waals surface area (Å²) in [5.41, 5.74) is 0.290. The maximum atomic E-state index is 12.3. The highest BCUT2D eigenvalue weighted by Gasteiger charge is 2.42. The van der Waals surface area contributed by atoms with Crippen molar-refractivity contribution in [3.8, 4) is 5.75 Å². The van der Waals surface area contributed by atoms with E-state index in [-0.39, 0.29) is 24.2 Å². The lowest BCUT2D eigenvalue weighted by Gasteiger charge is -2.24. The molecule has 1 fully saturated rings. The molecule has 1 aliphatic rings. The largest absolute Gasteiger partial charge is 0.508 e. The van der Waals surface area contributed by atoms with Gasteiger partial charge in [0.05, 0.1) is 13.0 Å². The number of hydrogen-bond donors (Lipinski definition) is 1. The summed E-state index contributed by atoms with van der Waals surface area (Å²) in [6.45, 7) is 6.04. The van der Waals surface area contributed by atoms with Crippen molar-refractivity contribution in [2.45, 2.75) is 32.3 Å². The normalized spacial score (nSPS) is 21.1. The Kier molecular flexibility index (Phi) is 4.82. The molecule has 0 radical (unpaired) electrons. The van der Waals surface area contributed by atoms with E-state index in [0.29, 0.717) is 6.54 Å². The van der Waals surface area contributed by atoms with Gasteiger partial charge in [-0.15, -0.1) is 0 Å². The minimum absolute atomic E-state index is 0.158. The summed E-state index contributed by atoms with van der Waals surface area (Å²) in [5, 5.41) is 9.41. The fourth-order valence-corrected chi connectivity index (χ4v) is 2.73. The van der Waals surface area contributed by atoms with Crippen LogP contribution in [0.1, 0.15) is 32.3 Å². The van der Waals surface area contributed by atoms with E-state index in [2.05, 4.69) is 0 Å². The van der Waals surface area contributed by atoms with Crippen molar-refractivity contribution in [2.75, 3.05) is 20.2 Å². The highest BCUT2D eigenvalue weighted by atomic mass is 16.6. The number of benzene rings is 1. The average molecular weight is 321 g/mol. The van der Waals surface area contributed by atoms with Gasteiger partial charge in [0.2, 0.25) is 0 Å². The summed E-state index contributed by atoms with van der Waals surface area (Å²) in [6.07, 6.45) is -0.437. The molecule has 1 aromatic rings. The molecule has 1 aromatic carbocycles. The summed E-state index contributed by atoms with van der Waals surface area (Å²) < 4.78 is 10.3. The smallest absolute Gasteiger partial charge is 0.410 e. The predicted octanol–water partition coefficient (Wildman–Crippen LogP) is 2.52. The quantitative estimate of drug-likeness (QED) is 0.847. The van der Waals surface area contributed by atoms with Crippen molar-refractivity contribution in [2.24, 2.45) is 5.92 Å². The minimum atomic E-state index is -0.589. The second-order valence-electron chi connectivity index (χ2n) is 6.71. The number of methoxy groups -OCH3 is 1. The standard InChI is InChI=1S/C17H23NO5/c1-17(2,3)23-16(21)18-9-13(14(10-18)15(20)22-4)11-5-7-12(19)8-6-11/h5-8,13-14,19H,9-10H2,1-4H3. The van der Waals surface area contributed by atoms with Crippen LogP contribution in [0.25, 0.3) is 0 Å². The van der Waals surface area contributed by atoms with Crippen LogP contribution in [-0.4, -0.2) is 47.9 Å². The van der Waals surface area contributed by atoms with Gasteiger partial charge in [-0.05, 0) is 38.5 Å². The molecule has 1 aliphatic heterocycles. The van der Waals surface area contributed by atoms with Gasteiger partial charge >= 0.3 is 12.1 Å². The third kappa shape index (κ3) is 4.15. The second-order valence-corrected chi connectivity index (χ2v) is 6.71. The number of rotatable bonds is 2. The van der Waals surface area contributed by atoms with E-state index in [0.717, 1.165) is 5.56 Å². The Balaban J connectivity index is 2.20. The molecule has 0 aliphatic carbocycles. The van der Waals surface area contributed by atoms with Crippen molar-refractivity contribution >= 4 is 12.1 Å². The zero-order valence-corrected chi connectivity index (χ0v) is 13.9. The fourth-order valence-electron chi connectivity index (χ4n) is 2.73. The van der Waals surface area contributed by atoms with Gasteiger partial charge in [0.15, 0.2) is 0 Å². The molecule has 0 bridgehead atoms. The van der Waals surface area contributed by atoms with Crippen LogP contribution in [0, 0.1) is 5.92 Å². The monoisotopic (exact) mass is 321 g/mol. The van der Waals surface area contributed by atoms with Gasteiger partial charge in [-0.1, -0.05) is 12.1 Å². The van der Waals surface area contributed by atoms with Crippen molar-refractivity contribution in [1.82, 2.24) is 4.90 Å². The van der Waals surface area contributed by atoms with Crippen molar-refractivity contribution in [1.29, 1.82) is 0 Å². The maximum absolute atomic E-state index is 12.3. The number of carbonyl (C=O) groups is 2. The van der Waals surface area contributed by atoms with E-state index in [1.54, 1.807) is 45.0 Å². The fraction of sp³-hybridized carbons (Fsp3) is 0.529. The Bertz CT molecular complexity index is 576. The molecule has 2 unspecified atom stereocenters. The molecule has 0 saturated carbocycles. The minimum Gasteiger partial charge on any atom is -0.508 e. The van der Waals surface area contributed by atoms with Crippen LogP contribution in [0.4, 0.5) is 4.79 Å². The lowest BCUT2D eigenvalue weighted by Crippen LogP contribution is -2.36. The second kappa shape index (κ2) is 6.48. The first-order chi connectivity index (χ1) is 10.7. The number of esters is 1. The molecule has 0 spiro atoms. The van der Waals surface area contributed by atoms with Gasteiger partial charge in [-0.2, -0.15) is 0 Å². The molecule has 6 nitrogen and oxygen atoms in total. The van der Waals surface area contributed by atoms with Crippen LogP contribution < -0.4 is 0 Å². The average Bonchev–Trinajstić information content (AvgIpc) is 2.91. The Labute approximate surface area is 136 Å². The molecule has 1 heterocycles. The zero-order chi connectivity index (χ0) is 17.2. The Hall–Kier alpha value is -2.24. The number of phenolic OH excluding ortho intramolecular Hbond substituents is 1. The summed E-state index contributed by atoms with van der Waals surface area (Å²) in [5.74, 6) is -0.827.